The van der Waals surface area contributed by atoms with Crippen LogP contribution in [0.3, 0.4) is 0 Å². The summed E-state index contributed by atoms with van der Waals surface area (Å²) in [6, 6.07) is 0. The topological polar surface area (TPSA) is 63.9 Å². The predicted octanol–water partition coefficient (Wildman–Crippen LogP) is 3.19. The molecule has 2 aromatic heterocycles. The average Bonchev–Trinajstić information content (AvgIpc) is 2.98. The molecule has 1 aliphatic carbocycles. The number of amides is 1. The van der Waals surface area contributed by atoms with E-state index in [4.69, 9.17) is 0 Å². The fraction of sp³-hybridized carbons (Fsp3) is 0.300. The third-order valence-corrected chi connectivity index (χ3v) is 4.94. The highest BCUT2D eigenvalue weighted by atomic mass is 16.2. The molecule has 2 aliphatic rings. The Bertz CT molecular complexity index is 976. The molecule has 6 heteroatoms. The fourth-order valence-electron chi connectivity index (χ4n) is 3.48. The van der Waals surface area contributed by atoms with Gasteiger partial charge in [-0.3, -0.25) is 14.4 Å². The van der Waals surface area contributed by atoms with Gasteiger partial charge in [0.2, 0.25) is 5.91 Å². The summed E-state index contributed by atoms with van der Waals surface area (Å²) >= 11 is 0. The van der Waals surface area contributed by atoms with Crippen molar-refractivity contribution < 1.29 is 4.79 Å². The van der Waals surface area contributed by atoms with Crippen LogP contribution in [0.25, 0.3) is 5.57 Å². The minimum atomic E-state index is -0.575. The second-order valence-corrected chi connectivity index (χ2v) is 7.20. The number of carbonyl (C=O) groups excluding carboxylic acids is 1. The molecule has 3 heterocycles. The maximum absolute atomic E-state index is 13.2. The Labute approximate surface area is 152 Å². The smallest absolute Gasteiger partial charge is 0.241 e. The van der Waals surface area contributed by atoms with E-state index < -0.39 is 5.41 Å². The highest BCUT2D eigenvalue weighted by Crippen LogP contribution is 2.47. The Morgan fingerprint density at radius 2 is 1.85 bits per heavy atom. The summed E-state index contributed by atoms with van der Waals surface area (Å²) < 4.78 is 1.71. The molecule has 0 aromatic carbocycles. The molecule has 0 spiro atoms. The zero-order valence-electron chi connectivity index (χ0n) is 15.4. The van der Waals surface area contributed by atoms with Gasteiger partial charge in [0.25, 0.3) is 0 Å². The van der Waals surface area contributed by atoms with Gasteiger partial charge in [-0.15, -0.1) is 0 Å². The van der Waals surface area contributed by atoms with Crippen molar-refractivity contribution in [3.05, 3.63) is 65.7 Å². The highest BCUT2D eigenvalue weighted by Gasteiger charge is 2.47. The number of nitrogens with zero attached hydrogens (tertiary/aromatic N) is 5. The summed E-state index contributed by atoms with van der Waals surface area (Å²) in [6.45, 7) is 5.82. The number of anilines is 1. The molecule has 1 fully saturated rings. The molecule has 1 saturated heterocycles. The number of rotatable bonds is 2. The summed E-state index contributed by atoms with van der Waals surface area (Å²) in [7, 11) is 1.85. The van der Waals surface area contributed by atoms with Crippen LogP contribution >= 0.6 is 0 Å². The van der Waals surface area contributed by atoms with Gasteiger partial charge in [0.15, 0.2) is 0 Å². The number of fused-ring (bicyclic) bond motifs is 1. The van der Waals surface area contributed by atoms with E-state index in [1.165, 1.54) is 0 Å². The first-order valence-corrected chi connectivity index (χ1v) is 8.63. The van der Waals surface area contributed by atoms with Crippen molar-refractivity contribution in [1.82, 2.24) is 19.7 Å². The lowest BCUT2D eigenvalue weighted by Crippen LogP contribution is -2.30. The van der Waals surface area contributed by atoms with Gasteiger partial charge >= 0.3 is 0 Å². The Kier molecular flexibility index (Phi) is 3.64. The number of aryl methyl sites for hydroxylation is 2. The van der Waals surface area contributed by atoms with E-state index in [1.54, 1.807) is 15.8 Å². The molecule has 6 nitrogen and oxygen atoms in total. The number of hydrogen-bond acceptors (Lipinski definition) is 4. The highest BCUT2D eigenvalue weighted by molar-refractivity contribution is 6.08. The van der Waals surface area contributed by atoms with Crippen molar-refractivity contribution in [3.8, 4) is 0 Å². The van der Waals surface area contributed by atoms with Crippen LogP contribution < -0.4 is 4.90 Å². The predicted molar refractivity (Wildman–Crippen MR) is 100 cm³/mol. The number of aromatic nitrogens is 4. The quantitative estimate of drug-likeness (QED) is 0.837. The summed E-state index contributed by atoms with van der Waals surface area (Å²) in [6.07, 6.45) is 14.3. The van der Waals surface area contributed by atoms with Crippen molar-refractivity contribution >= 4 is 17.2 Å². The maximum Gasteiger partial charge on any atom is 0.241 e. The molecule has 0 bridgehead atoms. The van der Waals surface area contributed by atoms with E-state index in [0.717, 1.165) is 40.3 Å². The van der Waals surface area contributed by atoms with Crippen LogP contribution in [0, 0.1) is 12.3 Å². The van der Waals surface area contributed by atoms with E-state index in [2.05, 4.69) is 33.3 Å². The van der Waals surface area contributed by atoms with E-state index in [-0.39, 0.29) is 5.91 Å². The van der Waals surface area contributed by atoms with E-state index in [9.17, 15) is 4.79 Å². The third kappa shape index (κ3) is 2.49. The summed E-state index contributed by atoms with van der Waals surface area (Å²) in [4.78, 5) is 23.5. The number of hydrogen-bond donors (Lipinski definition) is 0. The summed E-state index contributed by atoms with van der Waals surface area (Å²) in [5, 5.41) is 4.23. The third-order valence-electron chi connectivity index (χ3n) is 4.94. The Morgan fingerprint density at radius 3 is 2.50 bits per heavy atom. The van der Waals surface area contributed by atoms with Gasteiger partial charge in [0, 0.05) is 31.2 Å². The monoisotopic (exact) mass is 347 g/mol. The zero-order valence-corrected chi connectivity index (χ0v) is 15.4. The Morgan fingerprint density at radius 1 is 1.12 bits per heavy atom. The molecule has 0 unspecified atom stereocenters. The lowest BCUT2D eigenvalue weighted by atomic mass is 9.85. The maximum atomic E-state index is 13.2. The molecule has 2 aromatic rings. The van der Waals surface area contributed by atoms with Crippen molar-refractivity contribution in [2.75, 3.05) is 4.90 Å². The first-order chi connectivity index (χ1) is 12.4. The van der Waals surface area contributed by atoms with Gasteiger partial charge in [0.05, 0.1) is 23.0 Å². The van der Waals surface area contributed by atoms with Crippen LogP contribution in [0.15, 0.2) is 54.3 Å². The lowest BCUT2D eigenvalue weighted by Gasteiger charge is -2.18. The molecule has 4 rings (SSSR count). The van der Waals surface area contributed by atoms with Gasteiger partial charge < -0.3 is 0 Å². The van der Waals surface area contributed by atoms with Crippen molar-refractivity contribution in [2.45, 2.75) is 27.2 Å². The van der Waals surface area contributed by atoms with E-state index >= 15 is 0 Å². The van der Waals surface area contributed by atoms with Crippen LogP contribution in [0.5, 0.6) is 0 Å². The fourth-order valence-corrected chi connectivity index (χ4v) is 3.48. The second-order valence-electron chi connectivity index (χ2n) is 7.20. The molecule has 0 radical (unpaired) electrons. The van der Waals surface area contributed by atoms with Crippen LogP contribution in [0.4, 0.5) is 5.69 Å². The van der Waals surface area contributed by atoms with Crippen LogP contribution in [-0.4, -0.2) is 25.7 Å². The molecule has 0 saturated carbocycles. The minimum Gasteiger partial charge on any atom is -0.277 e. The molecule has 0 atom stereocenters. The Balaban J connectivity index is 1.85. The second kappa shape index (κ2) is 5.76. The molecular weight excluding hydrogens is 326 g/mol. The minimum absolute atomic E-state index is 0.0596. The molecule has 132 valence electrons. The van der Waals surface area contributed by atoms with Gasteiger partial charge in [-0.05, 0) is 44.4 Å². The van der Waals surface area contributed by atoms with E-state index in [0.29, 0.717) is 0 Å². The molecule has 1 amide bonds. The molecular formula is C20H21N5O. The number of carbonyl (C=O) groups is 1. The van der Waals surface area contributed by atoms with Gasteiger partial charge in [-0.1, -0.05) is 12.2 Å². The molecule has 26 heavy (non-hydrogen) atoms. The Hall–Kier alpha value is -3.02. The largest absolute Gasteiger partial charge is 0.277 e. The van der Waals surface area contributed by atoms with Crippen LogP contribution in [0.1, 0.15) is 31.7 Å². The molecule has 1 aliphatic heterocycles. The van der Waals surface area contributed by atoms with E-state index in [1.807, 2.05) is 46.4 Å². The lowest BCUT2D eigenvalue weighted by molar-refractivity contribution is -0.122. The first kappa shape index (κ1) is 16.4. The van der Waals surface area contributed by atoms with Gasteiger partial charge in [0.1, 0.15) is 5.82 Å². The summed E-state index contributed by atoms with van der Waals surface area (Å²) in [5.74, 6) is 0.799. The molecule has 0 N–H and O–H groups in total. The van der Waals surface area contributed by atoms with Crippen LogP contribution in [0.2, 0.25) is 0 Å². The van der Waals surface area contributed by atoms with Gasteiger partial charge in [-0.25, -0.2) is 9.97 Å². The van der Waals surface area contributed by atoms with Crippen molar-refractivity contribution in [2.24, 2.45) is 12.5 Å². The van der Waals surface area contributed by atoms with Crippen LogP contribution in [-0.2, 0) is 11.8 Å². The zero-order chi connectivity index (χ0) is 18.5. The van der Waals surface area contributed by atoms with Crippen molar-refractivity contribution in [3.63, 3.8) is 0 Å². The van der Waals surface area contributed by atoms with Crippen molar-refractivity contribution in [1.29, 1.82) is 0 Å². The van der Waals surface area contributed by atoms with Gasteiger partial charge in [-0.2, -0.15) is 5.10 Å². The average molecular weight is 347 g/mol. The number of allylic oxidation sites excluding steroid dienone is 5. The summed E-state index contributed by atoms with van der Waals surface area (Å²) in [5.41, 5.74) is 4.12. The normalized spacial score (nSPS) is 18.8. The first-order valence-electron chi connectivity index (χ1n) is 8.63. The standard InChI is InChI=1S/C20H21N5O/c1-13-21-9-15(10-22-13)14-6-5-7-17-18(8-14)25(19(26)20(17,2)3)16-11-23-24(4)12-16/h6-12H,5H2,1-4H3. The SMILES string of the molecule is Cc1ncc(C2=CCC=C3C(=C2)N(c2cnn(C)c2)C(=O)C3(C)C)cn1.